The maximum Gasteiger partial charge on any atom is 0.317 e. The first-order valence-corrected chi connectivity index (χ1v) is 7.06. The molecule has 1 aliphatic rings. The minimum absolute atomic E-state index is 0.129. The summed E-state index contributed by atoms with van der Waals surface area (Å²) in [5, 5.41) is 0. The van der Waals surface area contributed by atoms with E-state index >= 15 is 0 Å². The van der Waals surface area contributed by atoms with Crippen molar-refractivity contribution in [3.63, 3.8) is 0 Å². The van der Waals surface area contributed by atoms with Gasteiger partial charge in [-0.1, -0.05) is 0 Å². The minimum atomic E-state index is -0.439. The van der Waals surface area contributed by atoms with E-state index in [0.29, 0.717) is 31.8 Å². The van der Waals surface area contributed by atoms with E-state index in [1.807, 2.05) is 32.9 Å². The topological polar surface area (TPSA) is 44.8 Å². The van der Waals surface area contributed by atoms with Crippen molar-refractivity contribution in [3.05, 3.63) is 24.3 Å². The molecule has 0 aliphatic carbocycles. The molecule has 0 bridgehead atoms. The second-order valence-corrected chi connectivity index (χ2v) is 5.70. The molecule has 20 heavy (non-hydrogen) atoms. The summed E-state index contributed by atoms with van der Waals surface area (Å²) < 4.78 is 16.3. The van der Waals surface area contributed by atoms with E-state index < -0.39 is 5.41 Å². The summed E-state index contributed by atoms with van der Waals surface area (Å²) in [6, 6.07) is 7.15. The van der Waals surface area contributed by atoms with E-state index in [-0.39, 0.29) is 12.1 Å². The Morgan fingerprint density at radius 2 is 1.70 bits per heavy atom. The molecule has 1 fully saturated rings. The van der Waals surface area contributed by atoms with E-state index in [1.165, 1.54) is 0 Å². The van der Waals surface area contributed by atoms with Crippen molar-refractivity contribution < 1.29 is 19.0 Å². The molecule has 1 aliphatic heterocycles. The fraction of sp³-hybridized carbons (Fsp3) is 0.562. The van der Waals surface area contributed by atoms with Crippen LogP contribution < -0.4 is 9.47 Å². The van der Waals surface area contributed by atoms with Crippen LogP contribution in [-0.2, 0) is 9.53 Å². The third-order valence-corrected chi connectivity index (χ3v) is 3.50. The lowest BCUT2D eigenvalue weighted by Crippen LogP contribution is -2.37. The van der Waals surface area contributed by atoms with Gasteiger partial charge in [0.1, 0.15) is 11.5 Å². The standard InChI is InChI=1S/C16H22O4/c1-12(2)19-13-4-6-14(7-5-13)20-15(17)16(3)8-10-18-11-9-16/h4-7,12H,8-11H2,1-3H3. The van der Waals surface area contributed by atoms with Gasteiger partial charge in [-0.3, -0.25) is 4.79 Å². The highest BCUT2D eigenvalue weighted by Crippen LogP contribution is 2.32. The molecule has 1 aromatic carbocycles. The Labute approximate surface area is 120 Å². The normalized spacial score (nSPS) is 17.8. The van der Waals surface area contributed by atoms with E-state index in [4.69, 9.17) is 14.2 Å². The minimum Gasteiger partial charge on any atom is -0.491 e. The summed E-state index contributed by atoms with van der Waals surface area (Å²) in [4.78, 5) is 12.2. The smallest absolute Gasteiger partial charge is 0.317 e. The molecule has 4 heteroatoms. The second-order valence-electron chi connectivity index (χ2n) is 5.70. The maximum absolute atomic E-state index is 12.2. The average Bonchev–Trinajstić information content (AvgIpc) is 2.41. The summed E-state index contributed by atoms with van der Waals surface area (Å²) in [6.07, 6.45) is 1.55. The Hall–Kier alpha value is -1.55. The molecule has 2 rings (SSSR count). The van der Waals surface area contributed by atoms with Gasteiger partial charge in [0, 0.05) is 13.2 Å². The van der Waals surface area contributed by atoms with Crippen molar-refractivity contribution in [1.82, 2.24) is 0 Å². The van der Waals surface area contributed by atoms with Crippen molar-refractivity contribution in [3.8, 4) is 11.5 Å². The summed E-state index contributed by atoms with van der Waals surface area (Å²) in [7, 11) is 0. The largest absolute Gasteiger partial charge is 0.491 e. The molecule has 0 N–H and O–H groups in total. The number of benzene rings is 1. The summed E-state index contributed by atoms with van der Waals surface area (Å²) in [6.45, 7) is 7.12. The predicted molar refractivity (Wildman–Crippen MR) is 76.0 cm³/mol. The third kappa shape index (κ3) is 3.73. The van der Waals surface area contributed by atoms with E-state index in [9.17, 15) is 4.79 Å². The average molecular weight is 278 g/mol. The van der Waals surface area contributed by atoms with Crippen LogP contribution in [-0.4, -0.2) is 25.3 Å². The van der Waals surface area contributed by atoms with E-state index in [0.717, 1.165) is 5.75 Å². The monoisotopic (exact) mass is 278 g/mol. The van der Waals surface area contributed by atoms with E-state index in [2.05, 4.69) is 0 Å². The SMILES string of the molecule is CC(C)Oc1ccc(OC(=O)C2(C)CCOCC2)cc1. The number of hydrogen-bond acceptors (Lipinski definition) is 4. The van der Waals surface area contributed by atoms with Crippen LogP contribution in [0.25, 0.3) is 0 Å². The van der Waals surface area contributed by atoms with Gasteiger partial charge < -0.3 is 14.2 Å². The van der Waals surface area contributed by atoms with Crippen LogP contribution in [0.4, 0.5) is 0 Å². The lowest BCUT2D eigenvalue weighted by molar-refractivity contribution is -0.150. The number of esters is 1. The van der Waals surface area contributed by atoms with Crippen LogP contribution in [0.15, 0.2) is 24.3 Å². The van der Waals surface area contributed by atoms with Gasteiger partial charge in [0.2, 0.25) is 0 Å². The molecule has 4 nitrogen and oxygen atoms in total. The first-order valence-electron chi connectivity index (χ1n) is 7.06. The van der Waals surface area contributed by atoms with Gasteiger partial charge in [-0.2, -0.15) is 0 Å². The number of carbonyl (C=O) groups excluding carboxylic acids is 1. The van der Waals surface area contributed by atoms with Gasteiger partial charge in [-0.25, -0.2) is 0 Å². The predicted octanol–water partition coefficient (Wildman–Crippen LogP) is 3.20. The van der Waals surface area contributed by atoms with Gasteiger partial charge in [-0.05, 0) is 57.9 Å². The van der Waals surface area contributed by atoms with Crippen molar-refractivity contribution in [2.45, 2.75) is 39.7 Å². The van der Waals surface area contributed by atoms with Crippen LogP contribution >= 0.6 is 0 Å². The van der Waals surface area contributed by atoms with Crippen LogP contribution in [0.1, 0.15) is 33.6 Å². The maximum atomic E-state index is 12.2. The van der Waals surface area contributed by atoms with Gasteiger partial charge >= 0.3 is 5.97 Å². The van der Waals surface area contributed by atoms with Crippen molar-refractivity contribution in [2.24, 2.45) is 5.41 Å². The van der Waals surface area contributed by atoms with Crippen LogP contribution in [0.2, 0.25) is 0 Å². The molecular formula is C16H22O4. The molecule has 110 valence electrons. The summed E-state index contributed by atoms with van der Waals surface area (Å²) in [5.41, 5.74) is -0.439. The quantitative estimate of drug-likeness (QED) is 0.626. The lowest BCUT2D eigenvalue weighted by atomic mass is 9.82. The lowest BCUT2D eigenvalue weighted by Gasteiger charge is -2.30. The highest BCUT2D eigenvalue weighted by atomic mass is 16.5. The first-order chi connectivity index (χ1) is 9.49. The molecule has 0 amide bonds. The molecule has 1 saturated heterocycles. The number of hydrogen-bond donors (Lipinski definition) is 0. The highest BCUT2D eigenvalue weighted by molar-refractivity contribution is 5.78. The molecule has 0 unspecified atom stereocenters. The Bertz CT molecular complexity index is 444. The molecule has 0 aromatic heterocycles. The molecule has 1 heterocycles. The zero-order valence-corrected chi connectivity index (χ0v) is 12.3. The van der Waals surface area contributed by atoms with E-state index in [1.54, 1.807) is 12.1 Å². The second kappa shape index (κ2) is 6.27. The Morgan fingerprint density at radius 3 is 2.25 bits per heavy atom. The highest BCUT2D eigenvalue weighted by Gasteiger charge is 2.37. The molecule has 0 radical (unpaired) electrons. The van der Waals surface area contributed by atoms with Gasteiger partial charge in [0.15, 0.2) is 0 Å². The van der Waals surface area contributed by atoms with Gasteiger partial charge in [0.25, 0.3) is 0 Å². The zero-order valence-electron chi connectivity index (χ0n) is 12.3. The van der Waals surface area contributed by atoms with Crippen molar-refractivity contribution >= 4 is 5.97 Å². The molecular weight excluding hydrogens is 256 g/mol. The van der Waals surface area contributed by atoms with Gasteiger partial charge in [0.05, 0.1) is 11.5 Å². The molecule has 1 aromatic rings. The van der Waals surface area contributed by atoms with Crippen molar-refractivity contribution in [1.29, 1.82) is 0 Å². The Kier molecular flexibility index (Phi) is 4.65. The zero-order chi connectivity index (χ0) is 14.6. The summed E-state index contributed by atoms with van der Waals surface area (Å²) in [5.74, 6) is 1.15. The molecule has 0 atom stereocenters. The van der Waals surface area contributed by atoms with Crippen LogP contribution in [0, 0.1) is 5.41 Å². The molecule has 0 saturated carbocycles. The molecule has 0 spiro atoms. The summed E-state index contributed by atoms with van der Waals surface area (Å²) >= 11 is 0. The Balaban J connectivity index is 1.97. The number of carbonyl (C=O) groups is 1. The first kappa shape index (κ1) is 14.9. The third-order valence-electron chi connectivity index (χ3n) is 3.50. The fourth-order valence-electron chi connectivity index (χ4n) is 2.11. The number of rotatable bonds is 4. The van der Waals surface area contributed by atoms with Crippen LogP contribution in [0.5, 0.6) is 11.5 Å². The fourth-order valence-corrected chi connectivity index (χ4v) is 2.11. The van der Waals surface area contributed by atoms with Gasteiger partial charge in [-0.15, -0.1) is 0 Å². The van der Waals surface area contributed by atoms with Crippen LogP contribution in [0.3, 0.4) is 0 Å². The van der Waals surface area contributed by atoms with Crippen molar-refractivity contribution in [2.75, 3.05) is 13.2 Å². The Morgan fingerprint density at radius 1 is 1.15 bits per heavy atom. The number of ether oxygens (including phenoxy) is 3.